The van der Waals surface area contributed by atoms with Gasteiger partial charge in [-0.2, -0.15) is 0 Å². The average Bonchev–Trinajstić information content (AvgIpc) is 2.76. The second-order valence-corrected chi connectivity index (χ2v) is 5.82. The van der Waals surface area contributed by atoms with Crippen LogP contribution >= 0.6 is 11.3 Å². The van der Waals surface area contributed by atoms with E-state index in [2.05, 4.69) is 4.90 Å². The van der Waals surface area contributed by atoms with Crippen molar-refractivity contribution in [3.8, 4) is 5.75 Å². The average molecular weight is 310 g/mol. The van der Waals surface area contributed by atoms with Crippen LogP contribution in [-0.4, -0.2) is 30.2 Å². The van der Waals surface area contributed by atoms with Crippen LogP contribution in [0, 0.1) is 12.7 Å². The van der Waals surface area contributed by atoms with Crippen LogP contribution in [0.1, 0.15) is 11.3 Å². The number of methoxy groups -OCH3 is 1. The minimum absolute atomic E-state index is 0.0661. The summed E-state index contributed by atoms with van der Waals surface area (Å²) in [5.41, 5.74) is 1.86. The summed E-state index contributed by atoms with van der Waals surface area (Å²) in [6, 6.07) is 4.96. The van der Waals surface area contributed by atoms with Crippen molar-refractivity contribution < 1.29 is 9.13 Å². The molecule has 0 spiro atoms. The van der Waals surface area contributed by atoms with Gasteiger partial charge < -0.3 is 14.2 Å². The molecule has 0 aliphatic carbocycles. The van der Waals surface area contributed by atoms with Gasteiger partial charge in [0.1, 0.15) is 0 Å². The summed E-state index contributed by atoms with van der Waals surface area (Å²) in [6.07, 6.45) is 0. The number of nitrogens with zero attached hydrogens (tertiary/aromatic N) is 2. The molecule has 1 aromatic carbocycles. The molecule has 0 atom stereocenters. The molecule has 0 amide bonds. The highest BCUT2D eigenvalue weighted by Gasteiger charge is 2.07. The standard InChI is InChI=1S/C15H19FN2O2S/c1-11-10-21-15(19)18(11)7-6-17(2)9-12-4-5-14(20-3)13(16)8-12/h4-5,8,10H,6-7,9H2,1-3H3. The highest BCUT2D eigenvalue weighted by atomic mass is 32.1. The number of likely N-dealkylation sites (N-methyl/N-ethyl adjacent to an activating group) is 1. The molecule has 1 aromatic heterocycles. The number of halogens is 1. The maximum absolute atomic E-state index is 13.6. The van der Waals surface area contributed by atoms with E-state index in [9.17, 15) is 9.18 Å². The summed E-state index contributed by atoms with van der Waals surface area (Å²) >= 11 is 1.22. The van der Waals surface area contributed by atoms with Crippen LogP contribution in [0.5, 0.6) is 5.75 Å². The number of ether oxygens (including phenoxy) is 1. The van der Waals surface area contributed by atoms with Crippen molar-refractivity contribution >= 4 is 11.3 Å². The van der Waals surface area contributed by atoms with E-state index in [1.165, 1.54) is 24.5 Å². The molecule has 2 rings (SSSR count). The third-order valence-corrected chi connectivity index (χ3v) is 4.23. The Bertz CT molecular complexity index is 666. The minimum Gasteiger partial charge on any atom is -0.494 e. The fraction of sp³-hybridized carbons (Fsp3) is 0.400. The summed E-state index contributed by atoms with van der Waals surface area (Å²) in [4.78, 5) is 13.8. The predicted molar refractivity (Wildman–Crippen MR) is 82.6 cm³/mol. The monoisotopic (exact) mass is 310 g/mol. The van der Waals surface area contributed by atoms with Crippen LogP contribution in [0.15, 0.2) is 28.4 Å². The molecular formula is C15H19FN2O2S. The summed E-state index contributed by atoms with van der Waals surface area (Å²) in [7, 11) is 3.40. The molecule has 114 valence electrons. The van der Waals surface area contributed by atoms with E-state index in [4.69, 9.17) is 4.74 Å². The van der Waals surface area contributed by atoms with E-state index in [0.29, 0.717) is 13.1 Å². The van der Waals surface area contributed by atoms with Gasteiger partial charge >= 0.3 is 4.87 Å². The van der Waals surface area contributed by atoms with Gasteiger partial charge in [0.2, 0.25) is 0 Å². The van der Waals surface area contributed by atoms with Gasteiger partial charge in [0, 0.05) is 30.7 Å². The van der Waals surface area contributed by atoms with Crippen LogP contribution in [-0.2, 0) is 13.1 Å². The Morgan fingerprint density at radius 1 is 1.43 bits per heavy atom. The molecule has 0 N–H and O–H groups in total. The Labute approximate surface area is 127 Å². The van der Waals surface area contributed by atoms with Crippen molar-refractivity contribution in [2.24, 2.45) is 0 Å². The molecule has 21 heavy (non-hydrogen) atoms. The van der Waals surface area contributed by atoms with Gasteiger partial charge in [-0.3, -0.25) is 4.79 Å². The lowest BCUT2D eigenvalue weighted by Gasteiger charge is -2.17. The van der Waals surface area contributed by atoms with Gasteiger partial charge in [0.25, 0.3) is 0 Å². The molecule has 0 saturated carbocycles. The van der Waals surface area contributed by atoms with E-state index in [0.717, 1.165) is 17.8 Å². The first-order valence-electron chi connectivity index (χ1n) is 6.67. The summed E-state index contributed by atoms with van der Waals surface area (Å²) in [5.74, 6) is -0.102. The highest BCUT2D eigenvalue weighted by molar-refractivity contribution is 7.07. The molecule has 0 unspecified atom stereocenters. The van der Waals surface area contributed by atoms with Crippen LogP contribution in [0.25, 0.3) is 0 Å². The Hall–Kier alpha value is -1.66. The Morgan fingerprint density at radius 3 is 2.76 bits per heavy atom. The van der Waals surface area contributed by atoms with Gasteiger partial charge in [0.05, 0.1) is 7.11 Å². The van der Waals surface area contributed by atoms with Gasteiger partial charge in [-0.05, 0) is 31.7 Å². The molecule has 1 heterocycles. The Kier molecular flexibility index (Phi) is 5.14. The summed E-state index contributed by atoms with van der Waals surface area (Å²) < 4.78 is 20.3. The number of benzene rings is 1. The molecule has 4 nitrogen and oxygen atoms in total. The smallest absolute Gasteiger partial charge is 0.307 e. The highest BCUT2D eigenvalue weighted by Crippen LogP contribution is 2.18. The van der Waals surface area contributed by atoms with E-state index >= 15 is 0 Å². The fourth-order valence-electron chi connectivity index (χ4n) is 2.14. The van der Waals surface area contributed by atoms with Crippen molar-refractivity contribution in [3.63, 3.8) is 0 Å². The molecule has 2 aromatic rings. The van der Waals surface area contributed by atoms with Crippen LogP contribution < -0.4 is 9.61 Å². The van der Waals surface area contributed by atoms with Crippen molar-refractivity contribution in [3.05, 3.63) is 50.3 Å². The lowest BCUT2D eigenvalue weighted by molar-refractivity contribution is 0.308. The first-order valence-corrected chi connectivity index (χ1v) is 7.55. The van der Waals surface area contributed by atoms with Crippen LogP contribution in [0.4, 0.5) is 4.39 Å². The van der Waals surface area contributed by atoms with Crippen molar-refractivity contribution in [1.82, 2.24) is 9.47 Å². The van der Waals surface area contributed by atoms with Crippen LogP contribution in [0.2, 0.25) is 0 Å². The molecule has 0 radical (unpaired) electrons. The third-order valence-electron chi connectivity index (χ3n) is 3.35. The van der Waals surface area contributed by atoms with E-state index < -0.39 is 0 Å². The minimum atomic E-state index is -0.353. The second-order valence-electron chi connectivity index (χ2n) is 5.00. The van der Waals surface area contributed by atoms with Crippen LogP contribution in [0.3, 0.4) is 0 Å². The first kappa shape index (κ1) is 15.7. The third kappa shape index (κ3) is 3.92. The predicted octanol–water partition coefficient (Wildman–Crippen LogP) is 2.50. The number of rotatable bonds is 6. The maximum atomic E-state index is 13.6. The summed E-state index contributed by atoms with van der Waals surface area (Å²) in [5, 5.41) is 1.86. The van der Waals surface area contributed by atoms with E-state index in [-0.39, 0.29) is 16.4 Å². The number of aromatic nitrogens is 1. The molecular weight excluding hydrogens is 291 g/mol. The number of hydrogen-bond acceptors (Lipinski definition) is 4. The topological polar surface area (TPSA) is 34.5 Å². The zero-order valence-electron chi connectivity index (χ0n) is 12.4. The molecule has 0 aliphatic heterocycles. The lowest BCUT2D eigenvalue weighted by atomic mass is 10.2. The molecule has 0 bridgehead atoms. The normalized spacial score (nSPS) is 11.1. The lowest BCUT2D eigenvalue weighted by Crippen LogP contribution is -2.26. The number of aryl methyl sites for hydroxylation is 1. The molecule has 0 saturated heterocycles. The largest absolute Gasteiger partial charge is 0.494 e. The van der Waals surface area contributed by atoms with E-state index in [1.54, 1.807) is 10.6 Å². The zero-order chi connectivity index (χ0) is 15.4. The SMILES string of the molecule is COc1ccc(CN(C)CCn2c(C)csc2=O)cc1F. The Balaban J connectivity index is 1.94. The van der Waals surface area contributed by atoms with E-state index in [1.807, 2.05) is 25.4 Å². The van der Waals surface area contributed by atoms with Gasteiger partial charge in [0.15, 0.2) is 11.6 Å². The fourth-order valence-corrected chi connectivity index (χ4v) is 2.91. The number of thiazole rings is 1. The van der Waals surface area contributed by atoms with Crippen molar-refractivity contribution in [2.75, 3.05) is 20.7 Å². The zero-order valence-corrected chi connectivity index (χ0v) is 13.2. The second kappa shape index (κ2) is 6.87. The van der Waals surface area contributed by atoms with Gasteiger partial charge in [-0.25, -0.2) is 4.39 Å². The molecule has 0 aliphatic rings. The Morgan fingerprint density at radius 2 is 2.19 bits per heavy atom. The molecule has 6 heteroatoms. The van der Waals surface area contributed by atoms with Crippen molar-refractivity contribution in [2.45, 2.75) is 20.0 Å². The quantitative estimate of drug-likeness (QED) is 0.822. The van der Waals surface area contributed by atoms with Crippen molar-refractivity contribution in [1.29, 1.82) is 0 Å². The maximum Gasteiger partial charge on any atom is 0.307 e. The van der Waals surface area contributed by atoms with Gasteiger partial charge in [-0.15, -0.1) is 0 Å². The number of hydrogen-bond donors (Lipinski definition) is 0. The first-order chi connectivity index (χ1) is 10.0. The van der Waals surface area contributed by atoms with Gasteiger partial charge in [-0.1, -0.05) is 17.4 Å². The summed E-state index contributed by atoms with van der Waals surface area (Å²) in [6.45, 7) is 3.92. The molecule has 0 fully saturated rings.